The molecule has 0 aromatic carbocycles. The molecule has 7 rings (SSSR count). The van der Waals surface area contributed by atoms with Crippen molar-refractivity contribution < 1.29 is 51.8 Å². The third kappa shape index (κ3) is 5.38. The number of aromatic amines is 1. The van der Waals surface area contributed by atoms with Crippen LogP contribution >= 0.6 is 15.4 Å². The summed E-state index contributed by atoms with van der Waals surface area (Å²) in [6.45, 7) is 1.43. The Labute approximate surface area is 251 Å². The molecule has 242 valence electrons. The topological polar surface area (TPSA) is 283 Å². The van der Waals surface area contributed by atoms with Gasteiger partial charge in [-0.2, -0.15) is 0 Å². The molecule has 45 heavy (non-hydrogen) atoms. The molecule has 4 aromatic rings. The Kier molecular flexibility index (Phi) is 7.42. The number of hydrogen-bond acceptors (Lipinski definition) is 17. The first-order chi connectivity index (χ1) is 21.3. The minimum Gasteiger partial charge on any atom is -0.387 e. The molecule has 4 aromatic heterocycles. The van der Waals surface area contributed by atoms with Gasteiger partial charge in [0.1, 0.15) is 54.3 Å². The Morgan fingerprint density at radius 2 is 1.60 bits per heavy atom. The molecule has 0 saturated carbocycles. The molecule has 21 nitrogen and oxygen atoms in total. The molecule has 4 unspecified atom stereocenters. The first-order valence-corrected chi connectivity index (χ1v) is 16.9. The second-order valence-electron chi connectivity index (χ2n) is 10.6. The summed E-state index contributed by atoms with van der Waals surface area (Å²) in [6.07, 6.45) is -7.67. The van der Waals surface area contributed by atoms with Gasteiger partial charge in [-0.15, -0.1) is 0 Å². The summed E-state index contributed by atoms with van der Waals surface area (Å²) in [5.74, 6) is 0.329. The fourth-order valence-electron chi connectivity index (χ4n) is 5.50. The number of aryl methyl sites for hydroxylation is 1. The lowest BCUT2D eigenvalue weighted by Gasteiger charge is -2.26. The highest BCUT2D eigenvalue weighted by Gasteiger charge is 2.53. The molecule has 6 N–H and O–H groups in total. The third-order valence-corrected chi connectivity index (χ3v) is 9.78. The van der Waals surface area contributed by atoms with Gasteiger partial charge < -0.3 is 39.8 Å². The van der Waals surface area contributed by atoms with E-state index in [0.29, 0.717) is 0 Å². The van der Waals surface area contributed by atoms with E-state index in [1.807, 2.05) is 0 Å². The highest BCUT2D eigenvalue weighted by Crippen LogP contribution is 2.54. The third-order valence-electron chi connectivity index (χ3n) is 7.55. The van der Waals surface area contributed by atoms with Gasteiger partial charge in [-0.25, -0.2) is 29.5 Å². The van der Waals surface area contributed by atoms with E-state index >= 15 is 0 Å². The van der Waals surface area contributed by atoms with Crippen molar-refractivity contribution in [2.24, 2.45) is 0 Å². The summed E-state index contributed by atoms with van der Waals surface area (Å²) in [7, 11) is -9.07. The van der Waals surface area contributed by atoms with Gasteiger partial charge in [-0.3, -0.25) is 32.1 Å². The highest BCUT2D eigenvalue weighted by molar-refractivity contribution is 7.53. The van der Waals surface area contributed by atoms with Crippen LogP contribution in [-0.2, 0) is 36.7 Å². The number of H-pyrrole nitrogens is 1. The molecule has 10 atom stereocenters. The molecular formula is C22H27N9O12P2. The van der Waals surface area contributed by atoms with E-state index in [1.54, 1.807) is 6.92 Å². The maximum Gasteiger partial charge on any atom is 0.472 e. The van der Waals surface area contributed by atoms with Crippen molar-refractivity contribution in [2.75, 3.05) is 25.6 Å². The number of imidazole rings is 2. The van der Waals surface area contributed by atoms with E-state index in [-0.39, 0.29) is 34.0 Å². The van der Waals surface area contributed by atoms with Crippen molar-refractivity contribution in [2.45, 2.75) is 56.0 Å². The van der Waals surface area contributed by atoms with Gasteiger partial charge in [0.05, 0.1) is 25.9 Å². The average Bonchev–Trinajstić information content (AvgIpc) is 3.72. The van der Waals surface area contributed by atoms with E-state index in [4.69, 9.17) is 33.3 Å². The zero-order valence-corrected chi connectivity index (χ0v) is 25.2. The number of rotatable bonds is 2. The maximum absolute atomic E-state index is 13.5. The summed E-state index contributed by atoms with van der Waals surface area (Å²) in [5.41, 5.74) is 5.76. The highest BCUT2D eigenvalue weighted by atomic mass is 31.2. The second kappa shape index (κ2) is 11.0. The summed E-state index contributed by atoms with van der Waals surface area (Å²) >= 11 is 0. The number of nitrogens with two attached hydrogens (primary N) is 1. The number of phosphoric ester groups is 1. The van der Waals surface area contributed by atoms with Crippen LogP contribution in [0.1, 0.15) is 18.3 Å². The normalized spacial score (nSPS) is 37.7. The standard InChI is InChI=1S/C22H27N9O12P2/c1-8-28-19-12(20(34)29-8)27-7-31(19)22-16-13(32)9(40-22)3-38-44(2,35)42-15-10(4-39-45(36,37)43-16)41-21(14(15)33)30-6-26-11-17(23)24-5-25-18(11)30/h5-7,9-10,13-16,21-22,32-33H,3-4H2,1-2H3,(H,36,37)(H2,23,24,25)(H,28,29,34)/t9-,10-,13+,14?,15+,16?,21-,22-,44?/m1/s1. The monoisotopic (exact) mass is 671 g/mol. The lowest BCUT2D eigenvalue weighted by molar-refractivity contribution is -0.0642. The van der Waals surface area contributed by atoms with Gasteiger partial charge in [0.25, 0.3) is 5.56 Å². The number of aromatic nitrogens is 8. The Bertz CT molecular complexity index is 1930. The molecule has 7 heterocycles. The van der Waals surface area contributed by atoms with Crippen LogP contribution < -0.4 is 11.3 Å². The van der Waals surface area contributed by atoms with E-state index in [1.165, 1.54) is 28.1 Å². The average molecular weight is 671 g/mol. The number of aliphatic hydroxyl groups excluding tert-OH is 2. The maximum atomic E-state index is 13.5. The number of hydrogen-bond donors (Lipinski definition) is 5. The quantitative estimate of drug-likeness (QED) is 0.161. The smallest absolute Gasteiger partial charge is 0.387 e. The number of aliphatic hydroxyl groups is 2. The van der Waals surface area contributed by atoms with Gasteiger partial charge in [0, 0.05) is 6.66 Å². The predicted molar refractivity (Wildman–Crippen MR) is 147 cm³/mol. The van der Waals surface area contributed by atoms with Crippen molar-refractivity contribution in [3.8, 4) is 0 Å². The van der Waals surface area contributed by atoms with Crippen molar-refractivity contribution in [3.63, 3.8) is 0 Å². The molecular weight excluding hydrogens is 644 g/mol. The molecule has 0 spiro atoms. The van der Waals surface area contributed by atoms with Gasteiger partial charge in [-0.1, -0.05) is 0 Å². The summed E-state index contributed by atoms with van der Waals surface area (Å²) in [6, 6.07) is 0. The molecule has 23 heteroatoms. The summed E-state index contributed by atoms with van der Waals surface area (Å²) in [4.78, 5) is 46.1. The van der Waals surface area contributed by atoms with E-state index in [2.05, 4.69) is 29.9 Å². The van der Waals surface area contributed by atoms with E-state index < -0.39 is 83.3 Å². The van der Waals surface area contributed by atoms with Crippen LogP contribution in [0.25, 0.3) is 22.3 Å². The predicted octanol–water partition coefficient (Wildman–Crippen LogP) is -0.893. The SMILES string of the molecule is Cc1nc2c(ncn2[C@@H]2O[C@@H]3COP(C)(=O)O[C@@H]4C(O)[C@H](n5cnc6c(N)ncnc65)O[C@@H]4COP(=O)(O)OC2[C@H]3O)c(=O)[nH]1. The molecule has 0 radical (unpaired) electrons. The number of nitrogens with one attached hydrogen (secondary N) is 1. The minimum absolute atomic E-state index is 0.0456. The number of phosphoric acid groups is 1. The van der Waals surface area contributed by atoms with Gasteiger partial charge in [0.2, 0.25) is 0 Å². The van der Waals surface area contributed by atoms with Crippen molar-refractivity contribution in [3.05, 3.63) is 35.2 Å². The van der Waals surface area contributed by atoms with Crippen molar-refractivity contribution in [1.82, 2.24) is 39.0 Å². The number of anilines is 1. The molecule has 3 aliphatic rings. The first-order valence-electron chi connectivity index (χ1n) is 13.4. The fraction of sp³-hybridized carbons (Fsp3) is 0.545. The van der Waals surface area contributed by atoms with Crippen LogP contribution in [0.3, 0.4) is 0 Å². The Balaban J connectivity index is 1.21. The zero-order chi connectivity index (χ0) is 31.8. The number of nitrogens with zero attached hydrogens (tertiary/aromatic N) is 7. The Morgan fingerprint density at radius 1 is 0.911 bits per heavy atom. The summed E-state index contributed by atoms with van der Waals surface area (Å²) in [5, 5.41) is 22.4. The number of nitrogen functional groups attached to an aromatic ring is 1. The number of ether oxygens (including phenoxy) is 2. The largest absolute Gasteiger partial charge is 0.472 e. The Morgan fingerprint density at radius 3 is 2.38 bits per heavy atom. The van der Waals surface area contributed by atoms with Gasteiger partial charge >= 0.3 is 15.4 Å². The Hall–Kier alpha value is -3.20. The van der Waals surface area contributed by atoms with Crippen molar-refractivity contribution >= 4 is 43.6 Å². The molecule has 0 aliphatic carbocycles. The van der Waals surface area contributed by atoms with E-state index in [9.17, 15) is 29.0 Å². The molecule has 3 aliphatic heterocycles. The van der Waals surface area contributed by atoms with Crippen LogP contribution in [0.15, 0.2) is 23.8 Å². The molecule has 3 saturated heterocycles. The summed E-state index contributed by atoms with van der Waals surface area (Å²) < 4.78 is 63.2. The van der Waals surface area contributed by atoms with E-state index in [0.717, 1.165) is 6.66 Å². The number of fused-ring (bicyclic) bond motifs is 5. The lowest BCUT2D eigenvalue weighted by atomic mass is 10.1. The minimum atomic E-state index is -5.03. The van der Waals surface area contributed by atoms with Crippen LogP contribution in [-0.4, -0.2) is 111 Å². The molecule has 0 amide bonds. The van der Waals surface area contributed by atoms with Crippen molar-refractivity contribution in [1.29, 1.82) is 0 Å². The van der Waals surface area contributed by atoms with Crippen LogP contribution in [0.2, 0.25) is 0 Å². The molecule has 3 fully saturated rings. The lowest BCUT2D eigenvalue weighted by Crippen LogP contribution is -2.36. The zero-order valence-electron chi connectivity index (χ0n) is 23.4. The van der Waals surface area contributed by atoms with Gasteiger partial charge in [-0.05, 0) is 6.92 Å². The van der Waals surface area contributed by atoms with Crippen LogP contribution in [0, 0.1) is 6.92 Å². The second-order valence-corrected chi connectivity index (χ2v) is 14.1. The first kappa shape index (κ1) is 30.5. The molecule has 2 bridgehead atoms. The fourth-order valence-corrected chi connectivity index (χ4v) is 7.61. The van der Waals surface area contributed by atoms with Crippen LogP contribution in [0.4, 0.5) is 5.82 Å². The van der Waals surface area contributed by atoms with Gasteiger partial charge in [0.15, 0.2) is 35.1 Å². The van der Waals surface area contributed by atoms with Crippen LogP contribution in [0.5, 0.6) is 0 Å².